The van der Waals surface area contributed by atoms with E-state index < -0.39 is 0 Å². The van der Waals surface area contributed by atoms with Gasteiger partial charge in [0.25, 0.3) is 0 Å². The highest BCUT2D eigenvalue weighted by Gasteiger charge is 2.37. The molecule has 80 valence electrons. The highest BCUT2D eigenvalue weighted by atomic mass is 16.5. The molecule has 14 heavy (non-hydrogen) atoms. The van der Waals surface area contributed by atoms with Gasteiger partial charge in [0, 0.05) is 19.6 Å². The molecule has 0 radical (unpaired) electrons. The van der Waals surface area contributed by atoms with Gasteiger partial charge in [-0.2, -0.15) is 0 Å². The van der Waals surface area contributed by atoms with Gasteiger partial charge in [0.15, 0.2) is 0 Å². The number of hydrogen-bond acceptors (Lipinski definition) is 2. The molecule has 2 nitrogen and oxygen atoms in total. The van der Waals surface area contributed by atoms with Crippen LogP contribution in [0, 0.1) is 12.3 Å². The van der Waals surface area contributed by atoms with E-state index in [1.54, 1.807) is 7.11 Å². The lowest BCUT2D eigenvalue weighted by Gasteiger charge is -2.40. The Morgan fingerprint density at radius 3 is 2.57 bits per heavy atom. The number of terminal acetylenes is 1. The Bertz CT molecular complexity index is 201. The number of nitrogens with two attached hydrogens (primary N) is 1. The summed E-state index contributed by atoms with van der Waals surface area (Å²) in [5, 5.41) is 0. The van der Waals surface area contributed by atoms with Crippen molar-refractivity contribution in [1.82, 2.24) is 0 Å². The second kappa shape index (κ2) is 5.38. The SMILES string of the molecule is C#CCCC(N)C1(OC)CCCCC1. The fraction of sp³-hybridized carbons (Fsp3) is 0.833. The van der Waals surface area contributed by atoms with Gasteiger partial charge >= 0.3 is 0 Å². The summed E-state index contributed by atoms with van der Waals surface area (Å²) in [6.07, 6.45) is 12.8. The smallest absolute Gasteiger partial charge is 0.0829 e. The topological polar surface area (TPSA) is 35.2 Å². The molecule has 0 bridgehead atoms. The van der Waals surface area contributed by atoms with Crippen molar-refractivity contribution in [2.45, 2.75) is 56.6 Å². The van der Waals surface area contributed by atoms with E-state index in [4.69, 9.17) is 16.9 Å². The van der Waals surface area contributed by atoms with E-state index in [-0.39, 0.29) is 11.6 Å². The van der Waals surface area contributed by atoms with Crippen LogP contribution in [0.5, 0.6) is 0 Å². The van der Waals surface area contributed by atoms with E-state index in [1.165, 1.54) is 19.3 Å². The first-order valence-electron chi connectivity index (χ1n) is 5.49. The largest absolute Gasteiger partial charge is 0.377 e. The minimum absolute atomic E-state index is 0.0882. The molecule has 0 saturated heterocycles. The second-order valence-corrected chi connectivity index (χ2v) is 4.18. The van der Waals surface area contributed by atoms with Crippen molar-refractivity contribution < 1.29 is 4.74 Å². The molecule has 0 aromatic heterocycles. The Hall–Kier alpha value is -0.520. The zero-order chi connectivity index (χ0) is 10.4. The second-order valence-electron chi connectivity index (χ2n) is 4.18. The van der Waals surface area contributed by atoms with Gasteiger partial charge in [-0.3, -0.25) is 0 Å². The summed E-state index contributed by atoms with van der Waals surface area (Å²) in [5.41, 5.74) is 6.07. The normalized spacial score (nSPS) is 22.6. The first kappa shape index (κ1) is 11.6. The van der Waals surface area contributed by atoms with Gasteiger partial charge in [0.05, 0.1) is 5.60 Å². The van der Waals surface area contributed by atoms with E-state index in [0.29, 0.717) is 0 Å². The average molecular weight is 195 g/mol. The summed E-state index contributed by atoms with van der Waals surface area (Å²) in [4.78, 5) is 0. The van der Waals surface area contributed by atoms with Crippen LogP contribution in [-0.2, 0) is 4.74 Å². The molecule has 2 heteroatoms. The third-order valence-electron chi connectivity index (χ3n) is 3.38. The summed E-state index contributed by atoms with van der Waals surface area (Å²) >= 11 is 0. The van der Waals surface area contributed by atoms with E-state index in [0.717, 1.165) is 25.7 Å². The molecule has 1 aliphatic carbocycles. The Morgan fingerprint density at radius 1 is 1.43 bits per heavy atom. The van der Waals surface area contributed by atoms with E-state index in [9.17, 15) is 0 Å². The highest BCUT2D eigenvalue weighted by Crippen LogP contribution is 2.34. The first-order valence-corrected chi connectivity index (χ1v) is 5.49. The van der Waals surface area contributed by atoms with Crippen LogP contribution in [0.2, 0.25) is 0 Å². The van der Waals surface area contributed by atoms with Crippen molar-refractivity contribution in [3.8, 4) is 12.3 Å². The van der Waals surface area contributed by atoms with E-state index in [1.807, 2.05) is 0 Å². The van der Waals surface area contributed by atoms with Gasteiger partial charge < -0.3 is 10.5 Å². The maximum Gasteiger partial charge on any atom is 0.0829 e. The molecule has 0 aromatic rings. The van der Waals surface area contributed by atoms with Crippen molar-refractivity contribution in [2.24, 2.45) is 5.73 Å². The predicted molar refractivity (Wildman–Crippen MR) is 58.9 cm³/mol. The van der Waals surface area contributed by atoms with Crippen LogP contribution in [0.4, 0.5) is 0 Å². The molecule has 0 spiro atoms. The lowest BCUT2D eigenvalue weighted by molar-refractivity contribution is -0.0597. The predicted octanol–water partition coefficient (Wildman–Crippen LogP) is 2.08. The minimum atomic E-state index is -0.0882. The first-order chi connectivity index (χ1) is 6.75. The number of methoxy groups -OCH3 is 1. The Morgan fingerprint density at radius 2 is 2.07 bits per heavy atom. The number of hydrogen-bond donors (Lipinski definition) is 1. The summed E-state index contributed by atoms with van der Waals surface area (Å²) in [6, 6.07) is 0.101. The maximum absolute atomic E-state index is 6.16. The van der Waals surface area contributed by atoms with Gasteiger partial charge in [-0.25, -0.2) is 0 Å². The summed E-state index contributed by atoms with van der Waals surface area (Å²) in [6.45, 7) is 0. The quantitative estimate of drug-likeness (QED) is 0.697. The van der Waals surface area contributed by atoms with Crippen molar-refractivity contribution in [2.75, 3.05) is 7.11 Å². The van der Waals surface area contributed by atoms with Crippen LogP contribution in [0.1, 0.15) is 44.9 Å². The molecule has 0 aliphatic heterocycles. The fourth-order valence-electron chi connectivity index (χ4n) is 2.38. The standard InChI is InChI=1S/C12H21NO/c1-3-4-8-11(13)12(14-2)9-6-5-7-10-12/h1,11H,4-10,13H2,2H3. The molecular weight excluding hydrogens is 174 g/mol. The minimum Gasteiger partial charge on any atom is -0.377 e. The van der Waals surface area contributed by atoms with Gasteiger partial charge in [0.2, 0.25) is 0 Å². The Kier molecular flexibility index (Phi) is 4.44. The molecule has 2 N–H and O–H groups in total. The van der Waals surface area contributed by atoms with Gasteiger partial charge in [-0.05, 0) is 19.3 Å². The molecule has 1 saturated carbocycles. The molecular formula is C12H21NO. The number of rotatable bonds is 4. The van der Waals surface area contributed by atoms with Crippen molar-refractivity contribution >= 4 is 0 Å². The third-order valence-corrected chi connectivity index (χ3v) is 3.38. The molecule has 0 amide bonds. The molecule has 0 aromatic carbocycles. The van der Waals surface area contributed by atoms with Crippen molar-refractivity contribution in [3.05, 3.63) is 0 Å². The zero-order valence-electron chi connectivity index (χ0n) is 9.09. The van der Waals surface area contributed by atoms with Crippen molar-refractivity contribution in [3.63, 3.8) is 0 Å². The molecule has 1 fully saturated rings. The molecule has 1 aliphatic rings. The Balaban J connectivity index is 2.53. The molecule has 0 heterocycles. The lowest BCUT2D eigenvalue weighted by Crippen LogP contribution is -2.50. The highest BCUT2D eigenvalue weighted by molar-refractivity contribution is 4.96. The van der Waals surface area contributed by atoms with Gasteiger partial charge in [0.1, 0.15) is 0 Å². The van der Waals surface area contributed by atoms with Crippen LogP contribution < -0.4 is 5.73 Å². The lowest BCUT2D eigenvalue weighted by atomic mass is 9.78. The van der Waals surface area contributed by atoms with E-state index in [2.05, 4.69) is 5.92 Å². The maximum atomic E-state index is 6.16. The monoisotopic (exact) mass is 195 g/mol. The van der Waals surface area contributed by atoms with E-state index >= 15 is 0 Å². The molecule has 1 unspecified atom stereocenters. The summed E-state index contributed by atoms with van der Waals surface area (Å²) in [7, 11) is 1.78. The number of ether oxygens (including phenoxy) is 1. The molecule has 1 rings (SSSR count). The Labute approximate surface area is 87.2 Å². The summed E-state index contributed by atoms with van der Waals surface area (Å²) in [5.74, 6) is 2.64. The average Bonchev–Trinajstić information content (AvgIpc) is 2.26. The van der Waals surface area contributed by atoms with Crippen molar-refractivity contribution in [1.29, 1.82) is 0 Å². The zero-order valence-corrected chi connectivity index (χ0v) is 9.09. The van der Waals surface area contributed by atoms with Crippen LogP contribution in [0.25, 0.3) is 0 Å². The van der Waals surface area contributed by atoms with Crippen LogP contribution >= 0.6 is 0 Å². The molecule has 1 atom stereocenters. The fourth-order valence-corrected chi connectivity index (χ4v) is 2.38. The van der Waals surface area contributed by atoms with Gasteiger partial charge in [-0.15, -0.1) is 12.3 Å². The van der Waals surface area contributed by atoms with Crippen LogP contribution in [-0.4, -0.2) is 18.8 Å². The summed E-state index contributed by atoms with van der Waals surface area (Å²) < 4.78 is 5.64. The van der Waals surface area contributed by atoms with Crippen LogP contribution in [0.3, 0.4) is 0 Å². The van der Waals surface area contributed by atoms with Crippen LogP contribution in [0.15, 0.2) is 0 Å². The third kappa shape index (κ3) is 2.50. The van der Waals surface area contributed by atoms with Gasteiger partial charge in [-0.1, -0.05) is 19.3 Å².